The Bertz CT molecular complexity index is 263. The zero-order valence-corrected chi connectivity index (χ0v) is 9.62. The molecular weight excluding hydrogens is 188 g/mol. The predicted octanol–water partition coefficient (Wildman–Crippen LogP) is 1.86. The summed E-state index contributed by atoms with van der Waals surface area (Å²) in [5.41, 5.74) is 1.86. The molecule has 15 heavy (non-hydrogen) atoms. The standard InChI is InChI=1S/C12H20N2O/c1-3-11(2)4-5-12(13)10-14-6-8-15-9-7-14/h3-5,13H,6-10H2,1-2H3/b5-4-,11-3-,13-12?. The van der Waals surface area contributed by atoms with Crippen molar-refractivity contribution in [1.82, 2.24) is 4.90 Å². The molecule has 84 valence electrons. The van der Waals surface area contributed by atoms with Gasteiger partial charge in [-0.25, -0.2) is 0 Å². The van der Waals surface area contributed by atoms with Crippen molar-refractivity contribution < 1.29 is 4.74 Å². The highest BCUT2D eigenvalue weighted by Gasteiger charge is 2.10. The molecule has 0 amide bonds. The molecule has 1 N–H and O–H groups in total. The van der Waals surface area contributed by atoms with Gasteiger partial charge < -0.3 is 10.1 Å². The summed E-state index contributed by atoms with van der Waals surface area (Å²) in [7, 11) is 0. The van der Waals surface area contributed by atoms with Crippen LogP contribution < -0.4 is 0 Å². The van der Waals surface area contributed by atoms with Gasteiger partial charge in [-0.1, -0.05) is 17.7 Å². The first kappa shape index (κ1) is 12.1. The SMILES string of the molecule is C/C=C(C)\C=C/C(=N)CN1CCOCC1. The van der Waals surface area contributed by atoms with E-state index in [-0.39, 0.29) is 0 Å². The lowest BCUT2D eigenvalue weighted by Gasteiger charge is -2.26. The third-order valence-corrected chi connectivity index (χ3v) is 2.50. The summed E-state index contributed by atoms with van der Waals surface area (Å²) in [6, 6.07) is 0. The molecule has 1 fully saturated rings. The molecular formula is C12H20N2O. The third kappa shape index (κ3) is 4.91. The second-order valence-electron chi connectivity index (χ2n) is 3.78. The van der Waals surface area contributed by atoms with Gasteiger partial charge >= 0.3 is 0 Å². The van der Waals surface area contributed by atoms with Crippen molar-refractivity contribution in [2.24, 2.45) is 0 Å². The van der Waals surface area contributed by atoms with Crippen molar-refractivity contribution >= 4 is 5.71 Å². The molecule has 1 aliphatic rings. The van der Waals surface area contributed by atoms with Crippen LogP contribution in [-0.2, 0) is 4.74 Å². The molecule has 0 bridgehead atoms. The Morgan fingerprint density at radius 2 is 2.00 bits per heavy atom. The Morgan fingerprint density at radius 1 is 1.33 bits per heavy atom. The summed E-state index contributed by atoms with van der Waals surface area (Å²) >= 11 is 0. The fourth-order valence-electron chi connectivity index (χ4n) is 1.38. The van der Waals surface area contributed by atoms with Crippen LogP contribution in [0.2, 0.25) is 0 Å². The van der Waals surface area contributed by atoms with Gasteiger partial charge in [-0.05, 0) is 19.9 Å². The molecule has 1 rings (SSSR count). The highest BCUT2D eigenvalue weighted by Crippen LogP contribution is 1.98. The van der Waals surface area contributed by atoms with Crippen LogP contribution in [-0.4, -0.2) is 43.5 Å². The van der Waals surface area contributed by atoms with Crippen LogP contribution >= 0.6 is 0 Å². The average molecular weight is 208 g/mol. The maximum atomic E-state index is 7.80. The van der Waals surface area contributed by atoms with Crippen LogP contribution in [0.4, 0.5) is 0 Å². The van der Waals surface area contributed by atoms with E-state index >= 15 is 0 Å². The Morgan fingerprint density at radius 3 is 2.60 bits per heavy atom. The number of nitrogens with zero attached hydrogens (tertiary/aromatic N) is 1. The van der Waals surface area contributed by atoms with E-state index in [1.807, 2.05) is 32.1 Å². The normalized spacial score (nSPS) is 19.7. The van der Waals surface area contributed by atoms with Crippen molar-refractivity contribution in [2.75, 3.05) is 32.8 Å². The van der Waals surface area contributed by atoms with Gasteiger partial charge in [0.2, 0.25) is 0 Å². The van der Waals surface area contributed by atoms with Gasteiger partial charge in [0.1, 0.15) is 0 Å². The molecule has 0 radical (unpaired) electrons. The molecule has 0 atom stereocenters. The van der Waals surface area contributed by atoms with Gasteiger partial charge in [0.25, 0.3) is 0 Å². The Balaban J connectivity index is 2.31. The Kier molecular flexibility index (Phi) is 5.29. The van der Waals surface area contributed by atoms with Crippen LogP contribution in [0.15, 0.2) is 23.8 Å². The van der Waals surface area contributed by atoms with Crippen LogP contribution in [0.5, 0.6) is 0 Å². The van der Waals surface area contributed by atoms with Crippen molar-refractivity contribution in [2.45, 2.75) is 13.8 Å². The summed E-state index contributed by atoms with van der Waals surface area (Å²) in [5.74, 6) is 0. The van der Waals surface area contributed by atoms with Crippen LogP contribution in [0.25, 0.3) is 0 Å². The number of morpholine rings is 1. The van der Waals surface area contributed by atoms with Crippen molar-refractivity contribution in [3.05, 3.63) is 23.8 Å². The zero-order chi connectivity index (χ0) is 11.1. The van der Waals surface area contributed by atoms with Crippen molar-refractivity contribution in [1.29, 1.82) is 5.41 Å². The number of allylic oxidation sites excluding steroid dienone is 3. The Hall–Kier alpha value is -0.930. The molecule has 0 spiro atoms. The monoisotopic (exact) mass is 208 g/mol. The van der Waals surface area contributed by atoms with Gasteiger partial charge in [-0.15, -0.1) is 0 Å². The minimum atomic E-state index is 0.665. The first-order valence-electron chi connectivity index (χ1n) is 5.41. The summed E-state index contributed by atoms with van der Waals surface area (Å²) in [6.07, 6.45) is 5.91. The van der Waals surface area contributed by atoms with Gasteiger partial charge in [-0.3, -0.25) is 4.90 Å². The highest BCUT2D eigenvalue weighted by atomic mass is 16.5. The van der Waals surface area contributed by atoms with Crippen LogP contribution in [0.3, 0.4) is 0 Å². The molecule has 0 saturated carbocycles. The summed E-state index contributed by atoms with van der Waals surface area (Å²) in [5, 5.41) is 7.80. The number of nitrogens with one attached hydrogen (secondary N) is 1. The fraction of sp³-hybridized carbons (Fsp3) is 0.583. The number of hydrogen-bond acceptors (Lipinski definition) is 3. The van der Waals surface area contributed by atoms with E-state index in [0.29, 0.717) is 5.71 Å². The molecule has 3 nitrogen and oxygen atoms in total. The van der Waals surface area contributed by atoms with Crippen molar-refractivity contribution in [3.8, 4) is 0 Å². The smallest absolute Gasteiger partial charge is 0.0594 e. The molecule has 1 heterocycles. The van der Waals surface area contributed by atoms with E-state index in [0.717, 1.165) is 32.8 Å². The largest absolute Gasteiger partial charge is 0.379 e. The van der Waals surface area contributed by atoms with Crippen molar-refractivity contribution in [3.63, 3.8) is 0 Å². The zero-order valence-electron chi connectivity index (χ0n) is 9.62. The molecule has 0 unspecified atom stereocenters. The summed E-state index contributed by atoms with van der Waals surface area (Å²) in [6.45, 7) is 8.26. The number of hydrogen-bond donors (Lipinski definition) is 1. The van der Waals surface area contributed by atoms with E-state index in [4.69, 9.17) is 10.1 Å². The summed E-state index contributed by atoms with van der Waals surface area (Å²) in [4.78, 5) is 2.25. The number of rotatable bonds is 4. The minimum Gasteiger partial charge on any atom is -0.379 e. The van der Waals surface area contributed by atoms with E-state index in [1.54, 1.807) is 0 Å². The van der Waals surface area contributed by atoms with E-state index in [9.17, 15) is 0 Å². The molecule has 0 aromatic rings. The molecule has 3 heteroatoms. The molecule has 0 aromatic heterocycles. The lowest BCUT2D eigenvalue weighted by atomic mass is 10.2. The van der Waals surface area contributed by atoms with Gasteiger partial charge in [0.15, 0.2) is 0 Å². The second-order valence-corrected chi connectivity index (χ2v) is 3.78. The maximum absolute atomic E-state index is 7.80. The fourth-order valence-corrected chi connectivity index (χ4v) is 1.38. The predicted molar refractivity (Wildman–Crippen MR) is 63.6 cm³/mol. The second kappa shape index (κ2) is 6.53. The third-order valence-electron chi connectivity index (χ3n) is 2.50. The molecule has 0 aliphatic carbocycles. The molecule has 1 aliphatic heterocycles. The maximum Gasteiger partial charge on any atom is 0.0594 e. The average Bonchev–Trinajstić information content (AvgIpc) is 2.27. The Labute approximate surface area is 91.9 Å². The lowest BCUT2D eigenvalue weighted by molar-refractivity contribution is 0.0453. The first-order valence-corrected chi connectivity index (χ1v) is 5.41. The highest BCUT2D eigenvalue weighted by molar-refractivity contribution is 5.94. The van der Waals surface area contributed by atoms with Crippen LogP contribution in [0, 0.1) is 5.41 Å². The van der Waals surface area contributed by atoms with Crippen LogP contribution in [0.1, 0.15) is 13.8 Å². The first-order chi connectivity index (χ1) is 7.22. The topological polar surface area (TPSA) is 36.3 Å². The summed E-state index contributed by atoms with van der Waals surface area (Å²) < 4.78 is 5.26. The molecule has 1 saturated heterocycles. The van der Waals surface area contributed by atoms with E-state index in [1.165, 1.54) is 5.57 Å². The van der Waals surface area contributed by atoms with E-state index in [2.05, 4.69) is 4.90 Å². The lowest BCUT2D eigenvalue weighted by Crippen LogP contribution is -2.39. The van der Waals surface area contributed by atoms with E-state index < -0.39 is 0 Å². The quantitative estimate of drug-likeness (QED) is 0.565. The molecule has 0 aromatic carbocycles. The number of ether oxygens (including phenoxy) is 1. The van der Waals surface area contributed by atoms with Gasteiger partial charge in [-0.2, -0.15) is 0 Å². The minimum absolute atomic E-state index is 0.665. The van der Waals surface area contributed by atoms with Gasteiger partial charge in [0.05, 0.1) is 13.2 Å². The van der Waals surface area contributed by atoms with Gasteiger partial charge in [0, 0.05) is 25.3 Å².